The molecule has 0 atom stereocenters. The smallest absolute Gasteiger partial charge is 0.165 e. The van der Waals surface area contributed by atoms with E-state index in [9.17, 15) is 5.11 Å². The molecule has 0 aromatic carbocycles. The lowest BCUT2D eigenvalue weighted by Gasteiger charge is -2.29. The van der Waals surface area contributed by atoms with Crippen molar-refractivity contribution in [2.45, 2.75) is 51.7 Å². The number of ether oxygens (including phenoxy) is 1. The van der Waals surface area contributed by atoms with Crippen LogP contribution in [0.15, 0.2) is 0 Å². The SMILES string of the molecule is CC.COC1(O)CCCCC1. The Hall–Kier alpha value is -0.0800. The second kappa shape index (κ2) is 5.56. The van der Waals surface area contributed by atoms with Crippen molar-refractivity contribution >= 4 is 0 Å². The number of methoxy groups -OCH3 is 1. The van der Waals surface area contributed by atoms with Crippen LogP contribution in [0.4, 0.5) is 0 Å². The van der Waals surface area contributed by atoms with Crippen LogP contribution in [0.2, 0.25) is 0 Å². The maximum absolute atomic E-state index is 9.46. The van der Waals surface area contributed by atoms with Crippen molar-refractivity contribution < 1.29 is 9.84 Å². The zero-order valence-electron chi connectivity index (χ0n) is 7.89. The van der Waals surface area contributed by atoms with Crippen LogP contribution in [0.3, 0.4) is 0 Å². The van der Waals surface area contributed by atoms with Crippen molar-refractivity contribution in [3.8, 4) is 0 Å². The molecule has 0 bridgehead atoms. The molecule has 0 spiro atoms. The summed E-state index contributed by atoms with van der Waals surface area (Å²) >= 11 is 0. The molecule has 0 saturated heterocycles. The van der Waals surface area contributed by atoms with Gasteiger partial charge in [-0.25, -0.2) is 0 Å². The molecule has 0 aromatic rings. The van der Waals surface area contributed by atoms with Gasteiger partial charge >= 0.3 is 0 Å². The van der Waals surface area contributed by atoms with E-state index in [1.807, 2.05) is 13.8 Å². The van der Waals surface area contributed by atoms with Crippen LogP contribution in [0.1, 0.15) is 46.0 Å². The van der Waals surface area contributed by atoms with E-state index in [-0.39, 0.29) is 0 Å². The Morgan fingerprint density at radius 2 is 1.55 bits per heavy atom. The highest BCUT2D eigenvalue weighted by Gasteiger charge is 2.27. The standard InChI is InChI=1S/C7H14O2.C2H6/c1-9-7(8)5-3-2-4-6-7;1-2/h8H,2-6H2,1H3;1-2H3. The second-order valence-electron chi connectivity index (χ2n) is 2.71. The molecule has 0 aromatic heterocycles. The average Bonchev–Trinajstić information content (AvgIpc) is 2.10. The minimum atomic E-state index is -0.780. The number of rotatable bonds is 1. The van der Waals surface area contributed by atoms with Crippen molar-refractivity contribution in [2.24, 2.45) is 0 Å². The Labute approximate surface area is 69.6 Å². The van der Waals surface area contributed by atoms with Gasteiger partial charge in [-0.05, 0) is 12.8 Å². The molecule has 1 aliphatic carbocycles. The van der Waals surface area contributed by atoms with Crippen LogP contribution in [0.5, 0.6) is 0 Å². The molecule has 0 heterocycles. The summed E-state index contributed by atoms with van der Waals surface area (Å²) in [5.41, 5.74) is 0. The van der Waals surface area contributed by atoms with Crippen molar-refractivity contribution in [3.63, 3.8) is 0 Å². The highest BCUT2D eigenvalue weighted by molar-refractivity contribution is 4.71. The number of hydrogen-bond acceptors (Lipinski definition) is 2. The van der Waals surface area contributed by atoms with E-state index in [0.29, 0.717) is 0 Å². The molecule has 1 saturated carbocycles. The van der Waals surface area contributed by atoms with Crippen LogP contribution < -0.4 is 0 Å². The van der Waals surface area contributed by atoms with Crippen molar-refractivity contribution in [1.29, 1.82) is 0 Å². The molecular weight excluding hydrogens is 140 g/mol. The van der Waals surface area contributed by atoms with Crippen LogP contribution in [0, 0.1) is 0 Å². The molecule has 0 aliphatic heterocycles. The fourth-order valence-electron chi connectivity index (χ4n) is 1.31. The largest absolute Gasteiger partial charge is 0.365 e. The zero-order valence-corrected chi connectivity index (χ0v) is 7.89. The van der Waals surface area contributed by atoms with Gasteiger partial charge in [-0.15, -0.1) is 0 Å². The van der Waals surface area contributed by atoms with E-state index in [1.54, 1.807) is 7.11 Å². The zero-order chi connectivity index (χ0) is 8.74. The molecule has 1 rings (SSSR count). The van der Waals surface area contributed by atoms with E-state index in [2.05, 4.69) is 0 Å². The van der Waals surface area contributed by atoms with Gasteiger partial charge in [-0.1, -0.05) is 20.3 Å². The molecule has 2 nitrogen and oxygen atoms in total. The normalized spacial score (nSPS) is 21.8. The molecular formula is C9H20O2. The van der Waals surface area contributed by atoms with E-state index in [0.717, 1.165) is 25.7 Å². The first-order valence-corrected chi connectivity index (χ1v) is 4.54. The van der Waals surface area contributed by atoms with Crippen LogP contribution in [-0.2, 0) is 4.74 Å². The maximum atomic E-state index is 9.46. The summed E-state index contributed by atoms with van der Waals surface area (Å²) in [5.74, 6) is -0.780. The molecule has 0 unspecified atom stereocenters. The fraction of sp³-hybridized carbons (Fsp3) is 1.00. The minimum absolute atomic E-state index is 0.780. The summed E-state index contributed by atoms with van der Waals surface area (Å²) in [7, 11) is 1.57. The Morgan fingerprint density at radius 3 is 1.82 bits per heavy atom. The van der Waals surface area contributed by atoms with E-state index in [1.165, 1.54) is 6.42 Å². The highest BCUT2D eigenvalue weighted by Crippen LogP contribution is 2.27. The summed E-state index contributed by atoms with van der Waals surface area (Å²) in [6.07, 6.45) is 5.06. The molecule has 11 heavy (non-hydrogen) atoms. The molecule has 0 radical (unpaired) electrons. The minimum Gasteiger partial charge on any atom is -0.365 e. The Kier molecular flexibility index (Phi) is 5.51. The predicted molar refractivity (Wildman–Crippen MR) is 46.4 cm³/mol. The first-order valence-electron chi connectivity index (χ1n) is 4.54. The lowest BCUT2D eigenvalue weighted by Crippen LogP contribution is -2.32. The van der Waals surface area contributed by atoms with Gasteiger partial charge in [0.25, 0.3) is 0 Å². The lowest BCUT2D eigenvalue weighted by atomic mass is 9.94. The number of hydrogen-bond donors (Lipinski definition) is 1. The summed E-state index contributed by atoms with van der Waals surface area (Å²) in [5, 5.41) is 9.46. The quantitative estimate of drug-likeness (QED) is 0.596. The predicted octanol–water partition coefficient (Wildman–Crippen LogP) is 2.31. The second-order valence-corrected chi connectivity index (χ2v) is 2.71. The molecule has 68 valence electrons. The van der Waals surface area contributed by atoms with Gasteiger partial charge in [0.1, 0.15) is 0 Å². The average molecular weight is 160 g/mol. The third kappa shape index (κ3) is 3.73. The lowest BCUT2D eigenvalue weighted by molar-refractivity contribution is -0.202. The van der Waals surface area contributed by atoms with Gasteiger partial charge in [0, 0.05) is 20.0 Å². The topological polar surface area (TPSA) is 29.5 Å². The van der Waals surface area contributed by atoms with Crippen molar-refractivity contribution in [2.75, 3.05) is 7.11 Å². The van der Waals surface area contributed by atoms with Crippen LogP contribution in [-0.4, -0.2) is 18.0 Å². The maximum Gasteiger partial charge on any atom is 0.165 e. The highest BCUT2D eigenvalue weighted by atomic mass is 16.6. The summed E-state index contributed by atoms with van der Waals surface area (Å²) in [6.45, 7) is 4.00. The molecule has 1 fully saturated rings. The molecule has 1 N–H and O–H groups in total. The third-order valence-electron chi connectivity index (χ3n) is 2.01. The van der Waals surface area contributed by atoms with Gasteiger partial charge in [0.15, 0.2) is 5.79 Å². The Balaban J connectivity index is 0.000000461. The van der Waals surface area contributed by atoms with Gasteiger partial charge in [0.05, 0.1) is 0 Å². The van der Waals surface area contributed by atoms with E-state index >= 15 is 0 Å². The molecule has 0 amide bonds. The molecule has 2 heteroatoms. The first-order chi connectivity index (χ1) is 5.27. The van der Waals surface area contributed by atoms with Gasteiger partial charge in [-0.3, -0.25) is 0 Å². The summed E-state index contributed by atoms with van der Waals surface area (Å²) in [6, 6.07) is 0. The summed E-state index contributed by atoms with van der Waals surface area (Å²) < 4.78 is 4.93. The van der Waals surface area contributed by atoms with E-state index < -0.39 is 5.79 Å². The van der Waals surface area contributed by atoms with Crippen LogP contribution >= 0.6 is 0 Å². The van der Waals surface area contributed by atoms with Crippen LogP contribution in [0.25, 0.3) is 0 Å². The van der Waals surface area contributed by atoms with Gasteiger partial charge < -0.3 is 9.84 Å². The Morgan fingerprint density at radius 1 is 1.09 bits per heavy atom. The first kappa shape index (κ1) is 10.9. The number of aliphatic hydroxyl groups is 1. The Bertz CT molecular complexity index is 85.6. The summed E-state index contributed by atoms with van der Waals surface area (Å²) in [4.78, 5) is 0. The van der Waals surface area contributed by atoms with Gasteiger partial charge in [-0.2, -0.15) is 0 Å². The van der Waals surface area contributed by atoms with E-state index in [4.69, 9.17) is 4.74 Å². The van der Waals surface area contributed by atoms with Crippen molar-refractivity contribution in [3.05, 3.63) is 0 Å². The molecule has 1 aliphatic rings. The van der Waals surface area contributed by atoms with Gasteiger partial charge in [0.2, 0.25) is 0 Å². The van der Waals surface area contributed by atoms with Crippen molar-refractivity contribution in [1.82, 2.24) is 0 Å². The third-order valence-corrected chi connectivity index (χ3v) is 2.01. The fourth-order valence-corrected chi connectivity index (χ4v) is 1.31. The monoisotopic (exact) mass is 160 g/mol.